The molecule has 0 aliphatic heterocycles. The highest BCUT2D eigenvalue weighted by Crippen LogP contribution is 2.47. The molecule has 0 spiro atoms. The number of aliphatic hydroxyl groups is 1. The van der Waals surface area contributed by atoms with Crippen LogP contribution in [0.15, 0.2) is 89.3 Å². The molecule has 6 heteroatoms. The predicted molar refractivity (Wildman–Crippen MR) is 141 cm³/mol. The van der Waals surface area contributed by atoms with E-state index in [9.17, 15) is 9.90 Å². The van der Waals surface area contributed by atoms with Gasteiger partial charge in [-0.1, -0.05) is 72.8 Å². The minimum atomic E-state index is -1.01. The van der Waals surface area contributed by atoms with Gasteiger partial charge in [0.25, 0.3) is 0 Å². The number of benzene rings is 3. The second kappa shape index (κ2) is 11.0. The quantitative estimate of drug-likeness (QED) is 0.278. The summed E-state index contributed by atoms with van der Waals surface area (Å²) >= 11 is 0. The lowest BCUT2D eigenvalue weighted by Crippen LogP contribution is -2.34. The lowest BCUT2D eigenvalue weighted by molar-refractivity contribution is -0.145. The van der Waals surface area contributed by atoms with Crippen molar-refractivity contribution in [2.24, 2.45) is 0 Å². The summed E-state index contributed by atoms with van der Waals surface area (Å²) in [7, 11) is 0. The van der Waals surface area contributed by atoms with Gasteiger partial charge in [-0.2, -0.15) is 0 Å². The predicted octanol–water partition coefficient (Wildman–Crippen LogP) is 6.19. The summed E-state index contributed by atoms with van der Waals surface area (Å²) in [5, 5.41) is 11.9. The van der Waals surface area contributed by atoms with Gasteiger partial charge in [0.15, 0.2) is 12.4 Å². The van der Waals surface area contributed by atoms with Gasteiger partial charge in [-0.05, 0) is 43.9 Å². The molecule has 2 unspecified atom stereocenters. The van der Waals surface area contributed by atoms with Crippen molar-refractivity contribution in [1.29, 1.82) is 0 Å². The van der Waals surface area contributed by atoms with Crippen molar-refractivity contribution >= 4 is 5.97 Å². The van der Waals surface area contributed by atoms with E-state index in [2.05, 4.69) is 0 Å². The summed E-state index contributed by atoms with van der Waals surface area (Å²) in [6, 6.07) is 27.5. The molecule has 6 nitrogen and oxygen atoms in total. The van der Waals surface area contributed by atoms with Crippen molar-refractivity contribution in [3.8, 4) is 28.3 Å². The fourth-order valence-electron chi connectivity index (χ4n) is 5.13. The van der Waals surface area contributed by atoms with Gasteiger partial charge in [-0.3, -0.25) is 0 Å². The highest BCUT2D eigenvalue weighted by molar-refractivity contribution is 5.76. The first kappa shape index (κ1) is 24.8. The van der Waals surface area contributed by atoms with Crippen LogP contribution in [0.1, 0.15) is 43.6 Å². The molecule has 1 fully saturated rings. The first-order valence-corrected chi connectivity index (χ1v) is 12.8. The third-order valence-electron chi connectivity index (χ3n) is 6.85. The third-order valence-corrected chi connectivity index (χ3v) is 6.85. The highest BCUT2D eigenvalue weighted by Gasteiger charge is 2.45. The standard InChI is InChI=1S/C31H31NO5/c1-2-35-27(33)21-36-25-16-9-11-22(19-25)20-31(34)18-10-17-26(31)30-32-28(23-12-5-3-6-13-23)29(37-30)24-14-7-4-8-15-24/h3-9,11-16,19,26,34H,2,10,17-18,20-21H2,1H3. The van der Waals surface area contributed by atoms with Crippen LogP contribution in [0.5, 0.6) is 5.75 Å². The van der Waals surface area contributed by atoms with E-state index in [1.807, 2.05) is 78.9 Å². The summed E-state index contributed by atoms with van der Waals surface area (Å²) in [5.74, 6) is 1.20. The molecule has 1 aliphatic carbocycles. The van der Waals surface area contributed by atoms with Crippen molar-refractivity contribution < 1.29 is 23.8 Å². The largest absolute Gasteiger partial charge is 0.482 e. The molecule has 37 heavy (non-hydrogen) atoms. The summed E-state index contributed by atoms with van der Waals surface area (Å²) in [4.78, 5) is 16.6. The normalized spacial score (nSPS) is 19.0. The lowest BCUT2D eigenvalue weighted by Gasteiger charge is -2.28. The van der Waals surface area contributed by atoms with E-state index in [-0.39, 0.29) is 12.5 Å². The summed E-state index contributed by atoms with van der Waals surface area (Å²) in [6.07, 6.45) is 2.75. The maximum Gasteiger partial charge on any atom is 0.344 e. The summed E-state index contributed by atoms with van der Waals surface area (Å²) < 4.78 is 17.0. The molecule has 1 aromatic heterocycles. The zero-order valence-electron chi connectivity index (χ0n) is 20.9. The molecule has 5 rings (SSSR count). The van der Waals surface area contributed by atoms with Crippen LogP contribution in [-0.4, -0.2) is 34.9 Å². The highest BCUT2D eigenvalue weighted by atomic mass is 16.6. The molecule has 0 radical (unpaired) electrons. The molecule has 0 bridgehead atoms. The second-order valence-electron chi connectivity index (χ2n) is 9.43. The Labute approximate surface area is 216 Å². The minimum Gasteiger partial charge on any atom is -0.482 e. The van der Waals surface area contributed by atoms with Crippen LogP contribution in [0.2, 0.25) is 0 Å². The molecule has 190 valence electrons. The first-order valence-electron chi connectivity index (χ1n) is 12.8. The van der Waals surface area contributed by atoms with E-state index in [0.717, 1.165) is 35.2 Å². The van der Waals surface area contributed by atoms with Crippen molar-refractivity contribution in [2.75, 3.05) is 13.2 Å². The fraction of sp³-hybridized carbons (Fsp3) is 0.290. The maximum absolute atomic E-state index is 11.9. The smallest absolute Gasteiger partial charge is 0.344 e. The monoisotopic (exact) mass is 497 g/mol. The molecule has 0 amide bonds. The Balaban J connectivity index is 1.42. The Morgan fingerprint density at radius 3 is 2.49 bits per heavy atom. The fourth-order valence-corrected chi connectivity index (χ4v) is 5.13. The van der Waals surface area contributed by atoms with E-state index in [4.69, 9.17) is 18.9 Å². The van der Waals surface area contributed by atoms with Crippen molar-refractivity contribution in [1.82, 2.24) is 4.98 Å². The number of ether oxygens (including phenoxy) is 2. The van der Waals surface area contributed by atoms with Gasteiger partial charge in [0, 0.05) is 17.5 Å². The van der Waals surface area contributed by atoms with Crippen LogP contribution in [-0.2, 0) is 16.0 Å². The number of rotatable bonds is 9. The van der Waals surface area contributed by atoms with Gasteiger partial charge in [0.1, 0.15) is 11.4 Å². The SMILES string of the molecule is CCOC(=O)COc1cccc(CC2(O)CCCC2c2nc(-c3ccccc3)c(-c3ccccc3)o2)c1. The van der Waals surface area contributed by atoms with Gasteiger partial charge in [0.05, 0.1) is 18.1 Å². The zero-order chi connectivity index (χ0) is 25.7. The molecule has 3 aromatic carbocycles. The second-order valence-corrected chi connectivity index (χ2v) is 9.43. The molecule has 2 atom stereocenters. The molecule has 4 aromatic rings. The first-order chi connectivity index (χ1) is 18.1. The van der Waals surface area contributed by atoms with Crippen LogP contribution >= 0.6 is 0 Å². The molecular weight excluding hydrogens is 466 g/mol. The van der Waals surface area contributed by atoms with E-state index in [0.29, 0.717) is 36.8 Å². The van der Waals surface area contributed by atoms with E-state index < -0.39 is 11.6 Å². The molecule has 1 saturated carbocycles. The van der Waals surface area contributed by atoms with Crippen LogP contribution < -0.4 is 4.74 Å². The Kier molecular flexibility index (Phi) is 7.37. The third kappa shape index (κ3) is 5.59. The Hall–Kier alpha value is -3.90. The lowest BCUT2D eigenvalue weighted by atomic mass is 9.84. The molecule has 1 heterocycles. The zero-order valence-corrected chi connectivity index (χ0v) is 20.9. The summed E-state index contributed by atoms with van der Waals surface area (Å²) in [6.45, 7) is 1.93. The molecule has 1 N–H and O–H groups in total. The van der Waals surface area contributed by atoms with Gasteiger partial charge in [0.2, 0.25) is 5.89 Å². The average molecular weight is 498 g/mol. The van der Waals surface area contributed by atoms with E-state index >= 15 is 0 Å². The number of aromatic nitrogens is 1. The maximum atomic E-state index is 11.9. The number of oxazole rings is 1. The van der Waals surface area contributed by atoms with Crippen molar-refractivity contribution in [3.05, 3.63) is 96.4 Å². The van der Waals surface area contributed by atoms with Gasteiger partial charge in [-0.25, -0.2) is 9.78 Å². The van der Waals surface area contributed by atoms with Crippen LogP contribution in [0.4, 0.5) is 0 Å². The number of hydrogen-bond donors (Lipinski definition) is 1. The number of nitrogens with zero attached hydrogens (tertiary/aromatic N) is 1. The number of carbonyl (C=O) groups excluding carboxylic acids is 1. The number of hydrogen-bond acceptors (Lipinski definition) is 6. The van der Waals surface area contributed by atoms with E-state index in [1.54, 1.807) is 13.0 Å². The van der Waals surface area contributed by atoms with Gasteiger partial charge < -0.3 is 19.0 Å². The van der Waals surface area contributed by atoms with Gasteiger partial charge >= 0.3 is 5.97 Å². The van der Waals surface area contributed by atoms with Crippen molar-refractivity contribution in [2.45, 2.75) is 44.1 Å². The Morgan fingerprint density at radius 2 is 1.76 bits per heavy atom. The minimum absolute atomic E-state index is 0.148. The van der Waals surface area contributed by atoms with Crippen molar-refractivity contribution in [3.63, 3.8) is 0 Å². The topological polar surface area (TPSA) is 81.8 Å². The molecule has 1 aliphatic rings. The van der Waals surface area contributed by atoms with Gasteiger partial charge in [-0.15, -0.1) is 0 Å². The molecule has 0 saturated heterocycles. The average Bonchev–Trinajstić information content (AvgIpc) is 3.52. The van der Waals surface area contributed by atoms with Crippen LogP contribution in [0, 0.1) is 0 Å². The number of carbonyl (C=O) groups is 1. The Morgan fingerprint density at radius 1 is 1.03 bits per heavy atom. The van der Waals surface area contributed by atoms with E-state index in [1.165, 1.54) is 0 Å². The Bertz CT molecular complexity index is 1280. The summed E-state index contributed by atoms with van der Waals surface area (Å²) in [5.41, 5.74) is 2.63. The van der Waals surface area contributed by atoms with Crippen LogP contribution in [0.25, 0.3) is 22.6 Å². The number of esters is 1. The van der Waals surface area contributed by atoms with Crippen LogP contribution in [0.3, 0.4) is 0 Å². The molecular formula is C31H31NO5.